The summed E-state index contributed by atoms with van der Waals surface area (Å²) in [4.78, 5) is 6.61. The van der Waals surface area contributed by atoms with Gasteiger partial charge in [-0.25, -0.2) is 18.1 Å². The molecule has 2 atom stereocenters. The number of likely N-dealkylation sites (tertiary alicyclic amines) is 1. The number of benzene rings is 2. The van der Waals surface area contributed by atoms with Gasteiger partial charge in [-0.1, -0.05) is 43.8 Å². The Labute approximate surface area is 227 Å². The zero-order valence-corrected chi connectivity index (χ0v) is 22.3. The number of ether oxygens (including phenoxy) is 1. The number of hydrogen-bond donors (Lipinski definition) is 1. The van der Waals surface area contributed by atoms with Crippen LogP contribution in [0.15, 0.2) is 66.1 Å². The highest BCUT2D eigenvalue weighted by molar-refractivity contribution is 7.89. The van der Waals surface area contributed by atoms with Gasteiger partial charge in [0.25, 0.3) is 10.0 Å². The molecule has 1 aliphatic carbocycles. The first-order valence-corrected chi connectivity index (χ1v) is 14.0. The van der Waals surface area contributed by atoms with Crippen molar-refractivity contribution >= 4 is 22.4 Å². The predicted molar refractivity (Wildman–Crippen MR) is 150 cm³/mol. The molecule has 202 valence electrons. The minimum Gasteiger partial charge on any atom is -0.492 e. The molecule has 0 spiro atoms. The van der Waals surface area contributed by atoms with E-state index >= 15 is 0 Å². The summed E-state index contributed by atoms with van der Waals surface area (Å²) in [5, 5.41) is 0.0190. The molecule has 2 heterocycles. The molecule has 2 unspecified atom stereocenters. The third-order valence-corrected chi connectivity index (χ3v) is 8.56. The second-order valence-electron chi connectivity index (χ2n) is 9.63. The standard InChI is InChI=1S/C27H34N4O3S.CH4.ClH/c1-30-19-27(28-20-30)35(32,33)29-13-16-34-23-11-9-22-10-12-26(31-14-5-6-15-31)25(24(22)18-23)17-21-7-3-2-4-8-21;;/h2-4,7-9,11,18-20,25-26,29H,5-6,10,12-17H2,1H3;1H4;1H. The van der Waals surface area contributed by atoms with E-state index in [1.165, 1.54) is 61.6 Å². The normalized spacial score (nSPS) is 19.5. The lowest BCUT2D eigenvalue weighted by Crippen LogP contribution is -2.41. The van der Waals surface area contributed by atoms with E-state index in [0.29, 0.717) is 12.0 Å². The molecule has 0 amide bonds. The van der Waals surface area contributed by atoms with E-state index in [2.05, 4.69) is 57.1 Å². The van der Waals surface area contributed by atoms with E-state index in [-0.39, 0.29) is 38.0 Å². The van der Waals surface area contributed by atoms with Gasteiger partial charge in [0.2, 0.25) is 0 Å². The average molecular weight is 547 g/mol. The van der Waals surface area contributed by atoms with Crippen LogP contribution in [-0.2, 0) is 29.9 Å². The van der Waals surface area contributed by atoms with Gasteiger partial charge in [-0.05, 0) is 74.0 Å². The number of nitrogens with zero attached hydrogens (tertiary/aromatic N) is 3. The van der Waals surface area contributed by atoms with Gasteiger partial charge in [-0.2, -0.15) is 0 Å². The zero-order valence-electron chi connectivity index (χ0n) is 20.7. The van der Waals surface area contributed by atoms with Crippen LogP contribution in [0.4, 0.5) is 0 Å². The third-order valence-electron chi connectivity index (χ3n) is 7.22. The summed E-state index contributed by atoms with van der Waals surface area (Å²) in [7, 11) is -1.90. The molecule has 1 saturated heterocycles. The number of aromatic nitrogens is 2. The van der Waals surface area contributed by atoms with Gasteiger partial charge in [-0.3, -0.25) is 4.90 Å². The summed E-state index contributed by atoms with van der Waals surface area (Å²) in [6, 6.07) is 17.7. The molecular formula is C28H39ClN4O3S. The minimum absolute atomic E-state index is 0. The molecule has 0 saturated carbocycles. The largest absolute Gasteiger partial charge is 0.492 e. The molecule has 37 heavy (non-hydrogen) atoms. The molecular weight excluding hydrogens is 508 g/mol. The molecule has 3 aromatic rings. The predicted octanol–water partition coefficient (Wildman–Crippen LogP) is 4.57. The van der Waals surface area contributed by atoms with Gasteiger partial charge in [0.05, 0.1) is 6.33 Å². The van der Waals surface area contributed by atoms with Gasteiger partial charge < -0.3 is 9.30 Å². The third kappa shape index (κ3) is 6.93. The second kappa shape index (κ2) is 12.9. The number of hydrogen-bond acceptors (Lipinski definition) is 5. The molecule has 7 nitrogen and oxygen atoms in total. The van der Waals surface area contributed by atoms with Gasteiger partial charge in [-0.15, -0.1) is 12.4 Å². The molecule has 2 aliphatic rings. The maximum absolute atomic E-state index is 12.4. The Hall–Kier alpha value is -2.39. The molecule has 0 bridgehead atoms. The number of aryl methyl sites for hydroxylation is 2. The maximum Gasteiger partial charge on any atom is 0.259 e. The molecule has 9 heteroatoms. The topological polar surface area (TPSA) is 76.5 Å². The molecule has 1 aliphatic heterocycles. The van der Waals surface area contributed by atoms with Crippen molar-refractivity contribution in [3.05, 3.63) is 77.7 Å². The quantitative estimate of drug-likeness (QED) is 0.398. The molecule has 1 fully saturated rings. The number of rotatable bonds is 9. The SMILES string of the molecule is C.Cl.Cn1cnc(S(=O)(=O)NCCOc2ccc3c(c2)C(Cc2ccccc2)C(N2CCCC2)CC3)c1. The molecule has 1 N–H and O–H groups in total. The van der Waals surface area contributed by atoms with E-state index < -0.39 is 10.0 Å². The van der Waals surface area contributed by atoms with E-state index in [1.54, 1.807) is 11.6 Å². The first-order valence-electron chi connectivity index (χ1n) is 12.5. The Morgan fingerprint density at radius 1 is 1.11 bits per heavy atom. The van der Waals surface area contributed by atoms with Gasteiger partial charge >= 0.3 is 0 Å². The lowest BCUT2D eigenvalue weighted by molar-refractivity contribution is 0.188. The number of nitrogens with one attached hydrogen (secondary N) is 1. The van der Waals surface area contributed by atoms with E-state index in [9.17, 15) is 8.42 Å². The van der Waals surface area contributed by atoms with Gasteiger partial charge in [0.1, 0.15) is 12.4 Å². The molecule has 1 aromatic heterocycles. The number of sulfonamides is 1. The van der Waals surface area contributed by atoms with Crippen LogP contribution < -0.4 is 9.46 Å². The lowest BCUT2D eigenvalue weighted by Gasteiger charge is -2.39. The average Bonchev–Trinajstić information content (AvgIpc) is 3.55. The number of imidazole rings is 1. The van der Waals surface area contributed by atoms with Crippen LogP contribution in [0.25, 0.3) is 0 Å². The summed E-state index contributed by atoms with van der Waals surface area (Å²) in [6.45, 7) is 2.82. The fraction of sp³-hybridized carbons (Fsp3) is 0.464. The van der Waals surface area contributed by atoms with Gasteiger partial charge in [0, 0.05) is 31.7 Å². The Morgan fingerprint density at radius 3 is 2.57 bits per heavy atom. The smallest absolute Gasteiger partial charge is 0.259 e. The van der Waals surface area contributed by atoms with Crippen molar-refractivity contribution in [2.45, 2.75) is 56.5 Å². The van der Waals surface area contributed by atoms with E-state index in [1.807, 2.05) is 6.07 Å². The van der Waals surface area contributed by atoms with Crippen molar-refractivity contribution in [3.8, 4) is 5.75 Å². The van der Waals surface area contributed by atoms with Crippen LogP contribution in [0.5, 0.6) is 5.75 Å². The first-order chi connectivity index (χ1) is 17.0. The number of halogens is 1. The monoisotopic (exact) mass is 546 g/mol. The van der Waals surface area contributed by atoms with Crippen molar-refractivity contribution in [1.82, 2.24) is 19.2 Å². The second-order valence-corrected chi connectivity index (χ2v) is 11.3. The van der Waals surface area contributed by atoms with Crippen LogP contribution in [0, 0.1) is 0 Å². The summed E-state index contributed by atoms with van der Waals surface area (Å²) in [5.74, 6) is 1.21. The zero-order chi connectivity index (χ0) is 24.3. The van der Waals surface area contributed by atoms with Crippen LogP contribution in [0.1, 0.15) is 49.3 Å². The van der Waals surface area contributed by atoms with Crippen molar-refractivity contribution in [2.75, 3.05) is 26.2 Å². The Balaban J connectivity index is 0.00000190. The van der Waals surface area contributed by atoms with Gasteiger partial charge in [0.15, 0.2) is 5.03 Å². The highest BCUT2D eigenvalue weighted by Gasteiger charge is 2.35. The number of fused-ring (bicyclic) bond motifs is 1. The van der Waals surface area contributed by atoms with Crippen molar-refractivity contribution in [3.63, 3.8) is 0 Å². The summed E-state index contributed by atoms with van der Waals surface area (Å²) < 4.78 is 34.9. The minimum atomic E-state index is -3.64. The summed E-state index contributed by atoms with van der Waals surface area (Å²) in [5.41, 5.74) is 4.15. The Morgan fingerprint density at radius 2 is 1.86 bits per heavy atom. The molecule has 0 radical (unpaired) electrons. The fourth-order valence-electron chi connectivity index (χ4n) is 5.52. The van der Waals surface area contributed by atoms with Crippen LogP contribution in [0.3, 0.4) is 0 Å². The van der Waals surface area contributed by atoms with E-state index in [4.69, 9.17) is 4.74 Å². The highest BCUT2D eigenvalue weighted by Crippen LogP contribution is 2.40. The van der Waals surface area contributed by atoms with Crippen molar-refractivity contribution < 1.29 is 13.2 Å². The lowest BCUT2D eigenvalue weighted by atomic mass is 9.75. The van der Waals surface area contributed by atoms with Crippen molar-refractivity contribution in [1.29, 1.82) is 0 Å². The highest BCUT2D eigenvalue weighted by atomic mass is 35.5. The maximum atomic E-state index is 12.4. The van der Waals surface area contributed by atoms with Crippen LogP contribution in [-0.4, -0.2) is 55.2 Å². The summed E-state index contributed by atoms with van der Waals surface area (Å²) >= 11 is 0. The summed E-state index contributed by atoms with van der Waals surface area (Å²) in [6.07, 6.45) is 8.84. The van der Waals surface area contributed by atoms with E-state index in [0.717, 1.165) is 18.6 Å². The van der Waals surface area contributed by atoms with Crippen LogP contribution >= 0.6 is 12.4 Å². The Kier molecular flexibility index (Phi) is 10.2. The molecule has 2 aromatic carbocycles. The fourth-order valence-corrected chi connectivity index (χ4v) is 6.51. The molecule has 5 rings (SSSR count). The van der Waals surface area contributed by atoms with Crippen molar-refractivity contribution in [2.24, 2.45) is 7.05 Å². The van der Waals surface area contributed by atoms with Crippen LogP contribution in [0.2, 0.25) is 0 Å². The first kappa shape index (κ1) is 29.2. The Bertz CT molecular complexity index is 1240.